The van der Waals surface area contributed by atoms with E-state index in [1.165, 1.54) is 45.2 Å². The van der Waals surface area contributed by atoms with E-state index in [0.717, 1.165) is 49.9 Å². The van der Waals surface area contributed by atoms with Crippen molar-refractivity contribution in [2.24, 2.45) is 22.8 Å². The predicted octanol–water partition coefficient (Wildman–Crippen LogP) is 3.48. The van der Waals surface area contributed by atoms with Crippen LogP contribution in [0.2, 0.25) is 0 Å². The maximum Gasteiger partial charge on any atom is 0.243 e. The Balaban J connectivity index is 1.22. The van der Waals surface area contributed by atoms with Crippen molar-refractivity contribution in [2.75, 3.05) is 32.7 Å². The first kappa shape index (κ1) is 41.8. The molecular weight excluding hydrogens is 679 g/mol. The summed E-state index contributed by atoms with van der Waals surface area (Å²) in [6.45, 7) is 8.62. The van der Waals surface area contributed by atoms with Crippen molar-refractivity contribution in [3.05, 3.63) is 71.8 Å². The van der Waals surface area contributed by atoms with Crippen LogP contribution in [-0.2, 0) is 27.2 Å². The Hall–Kier alpha value is -3.35. The van der Waals surface area contributed by atoms with E-state index in [4.69, 9.17) is 11.5 Å². The quantitative estimate of drug-likeness (QED) is 0.119. The number of hydrogen-bond acceptors (Lipinski definition) is 8. The van der Waals surface area contributed by atoms with Gasteiger partial charge in [0.15, 0.2) is 0 Å². The molecule has 1 saturated carbocycles. The zero-order valence-electron chi connectivity index (χ0n) is 32.8. The van der Waals surface area contributed by atoms with Gasteiger partial charge in [0.05, 0.1) is 12.1 Å². The van der Waals surface area contributed by atoms with Gasteiger partial charge in [-0.05, 0) is 106 Å². The number of rotatable bonds is 19. The summed E-state index contributed by atoms with van der Waals surface area (Å²) in [7, 11) is 0. The summed E-state index contributed by atoms with van der Waals surface area (Å²) < 4.78 is 0. The molecule has 2 aromatic carbocycles. The molecule has 11 heteroatoms. The number of aliphatic hydroxyl groups is 1. The van der Waals surface area contributed by atoms with E-state index >= 15 is 0 Å². The highest BCUT2D eigenvalue weighted by Crippen LogP contribution is 2.51. The van der Waals surface area contributed by atoms with E-state index in [1.807, 2.05) is 74.5 Å². The van der Waals surface area contributed by atoms with Gasteiger partial charge in [0.2, 0.25) is 17.7 Å². The van der Waals surface area contributed by atoms with E-state index < -0.39 is 42.2 Å². The third-order valence-corrected chi connectivity index (χ3v) is 12.0. The summed E-state index contributed by atoms with van der Waals surface area (Å²) in [5, 5.41) is 20.8. The molecule has 5 rings (SSSR count). The van der Waals surface area contributed by atoms with Crippen LogP contribution in [0.1, 0.15) is 95.6 Å². The smallest absolute Gasteiger partial charge is 0.243 e. The van der Waals surface area contributed by atoms with Crippen molar-refractivity contribution >= 4 is 17.7 Å². The number of hydrogen-bond donors (Lipinski definition) is 6. The lowest BCUT2D eigenvalue weighted by molar-refractivity contribution is -0.134. The van der Waals surface area contributed by atoms with Crippen molar-refractivity contribution in [3.8, 4) is 0 Å². The van der Waals surface area contributed by atoms with Crippen molar-refractivity contribution < 1.29 is 19.5 Å². The topological polar surface area (TPSA) is 166 Å². The SMILES string of the molecule is CC(C)C[C@@H](NC(=O)[C@@H](Cc1ccccc1)NC(=O)[C@H](N)Cc1ccccc1)C(=O)N[C@H](CCCCN)C(O)N1CCC2(CC1)CC(N1CCCCC1)C2. The molecule has 2 heterocycles. The largest absolute Gasteiger partial charge is 0.376 e. The zero-order valence-corrected chi connectivity index (χ0v) is 32.8. The minimum atomic E-state index is -0.947. The van der Waals surface area contributed by atoms with Crippen LogP contribution in [0, 0.1) is 11.3 Å². The van der Waals surface area contributed by atoms with Crippen LogP contribution in [-0.4, -0.2) is 102 Å². The summed E-state index contributed by atoms with van der Waals surface area (Å²) in [6.07, 6.45) is 10.9. The zero-order chi connectivity index (χ0) is 38.5. The molecule has 11 nitrogen and oxygen atoms in total. The monoisotopic (exact) mass is 746 g/mol. The molecule has 2 saturated heterocycles. The third-order valence-electron chi connectivity index (χ3n) is 12.0. The lowest BCUT2D eigenvalue weighted by Gasteiger charge is -2.56. The molecule has 3 fully saturated rings. The first-order valence-corrected chi connectivity index (χ1v) is 20.7. The molecule has 298 valence electrons. The Morgan fingerprint density at radius 3 is 1.94 bits per heavy atom. The maximum absolute atomic E-state index is 14.1. The van der Waals surface area contributed by atoms with Gasteiger partial charge in [-0.15, -0.1) is 0 Å². The van der Waals surface area contributed by atoms with Crippen LogP contribution in [0.4, 0.5) is 0 Å². The molecule has 3 aliphatic rings. The van der Waals surface area contributed by atoms with E-state index in [2.05, 4.69) is 25.8 Å². The van der Waals surface area contributed by atoms with Gasteiger partial charge in [0.25, 0.3) is 0 Å². The van der Waals surface area contributed by atoms with Gasteiger partial charge in [0, 0.05) is 25.6 Å². The van der Waals surface area contributed by atoms with Crippen LogP contribution in [0.15, 0.2) is 60.7 Å². The number of nitrogens with two attached hydrogens (primary N) is 2. The number of unbranched alkanes of at least 4 members (excludes halogenated alkanes) is 1. The first-order chi connectivity index (χ1) is 26.1. The summed E-state index contributed by atoms with van der Waals surface area (Å²) in [4.78, 5) is 46.3. The predicted molar refractivity (Wildman–Crippen MR) is 214 cm³/mol. The van der Waals surface area contributed by atoms with Crippen LogP contribution in [0.3, 0.4) is 0 Å². The van der Waals surface area contributed by atoms with Crippen molar-refractivity contribution in [1.29, 1.82) is 0 Å². The average molecular weight is 746 g/mol. The fourth-order valence-electron chi connectivity index (χ4n) is 8.77. The van der Waals surface area contributed by atoms with Gasteiger partial charge in [-0.1, -0.05) is 87.4 Å². The van der Waals surface area contributed by atoms with Crippen LogP contribution in [0.25, 0.3) is 0 Å². The third kappa shape index (κ3) is 12.1. The lowest BCUT2D eigenvalue weighted by atomic mass is 9.59. The second-order valence-electron chi connectivity index (χ2n) is 16.7. The molecule has 2 aromatic rings. The summed E-state index contributed by atoms with van der Waals surface area (Å²) in [5.74, 6) is -1.13. The van der Waals surface area contributed by atoms with E-state index in [9.17, 15) is 19.5 Å². The van der Waals surface area contributed by atoms with Crippen LogP contribution >= 0.6 is 0 Å². The molecule has 1 unspecified atom stereocenters. The lowest BCUT2D eigenvalue weighted by Crippen LogP contribution is -2.61. The molecule has 2 aliphatic heterocycles. The number of nitrogens with one attached hydrogen (secondary N) is 3. The Labute approximate surface area is 323 Å². The number of piperidine rings is 2. The highest BCUT2D eigenvalue weighted by atomic mass is 16.3. The summed E-state index contributed by atoms with van der Waals surface area (Å²) in [5.41, 5.74) is 14.3. The van der Waals surface area contributed by atoms with Crippen molar-refractivity contribution in [2.45, 2.75) is 134 Å². The number of nitrogens with zero attached hydrogens (tertiary/aromatic N) is 2. The molecule has 1 spiro atoms. The Morgan fingerprint density at radius 1 is 0.778 bits per heavy atom. The second kappa shape index (κ2) is 20.5. The molecule has 0 bridgehead atoms. The van der Waals surface area contributed by atoms with Gasteiger partial charge in [-0.2, -0.15) is 0 Å². The maximum atomic E-state index is 14.1. The number of carbonyl (C=O) groups excluding carboxylic acids is 3. The molecule has 3 amide bonds. The fourth-order valence-corrected chi connectivity index (χ4v) is 8.77. The minimum absolute atomic E-state index is 0.0950. The number of benzene rings is 2. The number of likely N-dealkylation sites (tertiary alicyclic amines) is 2. The molecule has 8 N–H and O–H groups in total. The Kier molecular flexibility index (Phi) is 15.9. The Bertz CT molecular complexity index is 1440. The van der Waals surface area contributed by atoms with Gasteiger partial charge in [0.1, 0.15) is 18.3 Å². The highest BCUT2D eigenvalue weighted by molar-refractivity contribution is 5.93. The van der Waals surface area contributed by atoms with Gasteiger partial charge < -0.3 is 37.4 Å². The number of aliphatic hydroxyl groups excluding tert-OH is 1. The molecule has 0 aromatic heterocycles. The normalized spacial score (nSPS) is 20.7. The molecular formula is C43H67N7O4. The number of amides is 3. The summed E-state index contributed by atoms with van der Waals surface area (Å²) >= 11 is 0. The number of carbonyl (C=O) groups is 3. The van der Waals surface area contributed by atoms with Gasteiger partial charge in [-0.3, -0.25) is 19.3 Å². The minimum Gasteiger partial charge on any atom is -0.376 e. The average Bonchev–Trinajstić information content (AvgIpc) is 3.16. The molecule has 0 radical (unpaired) electrons. The highest BCUT2D eigenvalue weighted by Gasteiger charge is 2.48. The molecule has 5 atom stereocenters. The fraction of sp³-hybridized carbons (Fsp3) is 0.651. The van der Waals surface area contributed by atoms with Crippen molar-refractivity contribution in [1.82, 2.24) is 25.8 Å². The molecule has 54 heavy (non-hydrogen) atoms. The van der Waals surface area contributed by atoms with Crippen LogP contribution < -0.4 is 27.4 Å². The van der Waals surface area contributed by atoms with E-state index in [0.29, 0.717) is 37.3 Å². The van der Waals surface area contributed by atoms with Crippen LogP contribution in [0.5, 0.6) is 0 Å². The van der Waals surface area contributed by atoms with Gasteiger partial charge in [-0.25, -0.2) is 0 Å². The first-order valence-electron chi connectivity index (χ1n) is 20.7. The van der Waals surface area contributed by atoms with E-state index in [-0.39, 0.29) is 18.2 Å². The second-order valence-corrected chi connectivity index (χ2v) is 16.7. The van der Waals surface area contributed by atoms with Crippen molar-refractivity contribution in [3.63, 3.8) is 0 Å². The van der Waals surface area contributed by atoms with Gasteiger partial charge >= 0.3 is 0 Å². The van der Waals surface area contributed by atoms with E-state index in [1.54, 1.807) is 0 Å². The summed E-state index contributed by atoms with van der Waals surface area (Å²) in [6, 6.07) is 16.6. The molecule has 1 aliphatic carbocycles. The standard InChI is InChI=1S/C43H67N7O4/c1-31(2)26-37(48-41(53)38(28-33-16-8-4-9-17-33)47-39(51)35(45)27-32-14-6-3-7-15-32)40(52)46-36(18-10-11-21-44)42(54)50-24-19-43(20-25-50)29-34(30-43)49-22-12-5-13-23-49/h3-4,6-9,14-17,31,34-38,42,54H,5,10-13,18-30,44-45H2,1-2H3,(H,46,52)(H,47,51)(H,48,53)/t35-,36-,37-,38-,42?/m1/s1. The Morgan fingerprint density at radius 2 is 1.35 bits per heavy atom.